The fourth-order valence-corrected chi connectivity index (χ4v) is 10.6. The highest BCUT2D eigenvalue weighted by atomic mass is 127. The highest BCUT2D eigenvalue weighted by Crippen LogP contribution is 2.69. The Morgan fingerprint density at radius 2 is 1.73 bits per heavy atom. The zero-order chi connectivity index (χ0) is 29.5. The lowest BCUT2D eigenvalue weighted by Crippen LogP contribution is -2.59. The van der Waals surface area contributed by atoms with Gasteiger partial charge in [-0.1, -0.05) is 26.8 Å². The van der Waals surface area contributed by atoms with Crippen molar-refractivity contribution >= 4 is 40.5 Å². The topological polar surface area (TPSA) is 78.9 Å². The molecule has 10 atom stereocenters. The maximum Gasteiger partial charge on any atom is 0.338 e. The Morgan fingerprint density at radius 3 is 2.44 bits per heavy atom. The van der Waals surface area contributed by atoms with Crippen molar-refractivity contribution in [3.05, 3.63) is 33.4 Å². The number of hydrogen-bond donors (Lipinski definition) is 0. The van der Waals surface area contributed by atoms with Crippen molar-refractivity contribution in [1.29, 1.82) is 0 Å². The Bertz CT molecular complexity index is 1150. The van der Waals surface area contributed by atoms with Gasteiger partial charge in [-0.05, 0) is 139 Å². The molecule has 7 heteroatoms. The molecule has 226 valence electrons. The normalized spacial score (nSPS) is 38.5. The lowest BCUT2D eigenvalue weighted by atomic mass is 9.43. The summed E-state index contributed by atoms with van der Waals surface area (Å²) in [6.07, 6.45) is 9.43. The van der Waals surface area contributed by atoms with Crippen molar-refractivity contribution in [2.24, 2.45) is 46.3 Å². The number of hydrogen-bond acceptors (Lipinski definition) is 6. The second-order valence-corrected chi connectivity index (χ2v) is 15.3. The molecular weight excluding hydrogens is 631 g/mol. The summed E-state index contributed by atoms with van der Waals surface area (Å²) in [6.45, 7) is 8.78. The molecule has 4 aliphatic carbocycles. The van der Waals surface area contributed by atoms with E-state index in [-0.39, 0.29) is 40.9 Å². The number of methoxy groups -OCH3 is 1. The average molecular weight is 679 g/mol. The minimum atomic E-state index is -0.225. The van der Waals surface area contributed by atoms with E-state index in [9.17, 15) is 14.4 Å². The van der Waals surface area contributed by atoms with Crippen LogP contribution in [-0.4, -0.2) is 37.2 Å². The summed E-state index contributed by atoms with van der Waals surface area (Å²) in [5.41, 5.74) is 0.937. The third-order valence-electron chi connectivity index (χ3n) is 12.1. The number of rotatable bonds is 7. The number of carbonyl (C=O) groups excluding carboxylic acids is 3. The fraction of sp³-hybridized carbons (Fsp3) is 0.735. The number of carbonyl (C=O) groups is 3. The van der Waals surface area contributed by atoms with E-state index in [1.54, 1.807) is 0 Å². The van der Waals surface area contributed by atoms with Gasteiger partial charge in [0.1, 0.15) is 12.2 Å². The van der Waals surface area contributed by atoms with Gasteiger partial charge < -0.3 is 14.2 Å². The molecule has 0 amide bonds. The van der Waals surface area contributed by atoms with Gasteiger partial charge in [0.15, 0.2) is 0 Å². The number of esters is 3. The summed E-state index contributed by atoms with van der Waals surface area (Å²) < 4.78 is 18.2. The maximum absolute atomic E-state index is 13.6. The molecule has 41 heavy (non-hydrogen) atoms. The Morgan fingerprint density at radius 1 is 1.00 bits per heavy atom. The molecule has 0 saturated heterocycles. The van der Waals surface area contributed by atoms with Crippen LogP contribution < -0.4 is 0 Å². The molecule has 0 radical (unpaired) electrons. The smallest absolute Gasteiger partial charge is 0.338 e. The van der Waals surface area contributed by atoms with Crippen LogP contribution in [0.4, 0.5) is 0 Å². The van der Waals surface area contributed by atoms with Crippen molar-refractivity contribution in [2.75, 3.05) is 7.11 Å². The molecule has 0 heterocycles. The van der Waals surface area contributed by atoms with Crippen molar-refractivity contribution in [1.82, 2.24) is 0 Å². The van der Waals surface area contributed by atoms with Crippen LogP contribution in [0.1, 0.15) is 102 Å². The van der Waals surface area contributed by atoms with Gasteiger partial charge in [0.25, 0.3) is 0 Å². The Kier molecular flexibility index (Phi) is 9.14. The van der Waals surface area contributed by atoms with E-state index < -0.39 is 0 Å². The second-order valence-electron chi connectivity index (χ2n) is 14.0. The van der Waals surface area contributed by atoms with E-state index in [2.05, 4.69) is 43.4 Å². The van der Waals surface area contributed by atoms with Crippen LogP contribution in [0.2, 0.25) is 0 Å². The molecule has 6 nitrogen and oxygen atoms in total. The van der Waals surface area contributed by atoms with E-state index in [1.807, 2.05) is 24.3 Å². The van der Waals surface area contributed by atoms with Crippen LogP contribution in [0.15, 0.2) is 24.3 Å². The molecule has 4 aliphatic rings. The quantitative estimate of drug-likeness (QED) is 0.168. The molecule has 0 bridgehead atoms. The first-order valence-electron chi connectivity index (χ1n) is 15.7. The van der Waals surface area contributed by atoms with Crippen molar-refractivity contribution < 1.29 is 28.6 Å². The van der Waals surface area contributed by atoms with Crippen LogP contribution in [0.3, 0.4) is 0 Å². The molecule has 1 aromatic carbocycles. The van der Waals surface area contributed by atoms with E-state index in [0.717, 1.165) is 48.5 Å². The van der Waals surface area contributed by atoms with Crippen molar-refractivity contribution in [2.45, 2.75) is 104 Å². The zero-order valence-electron chi connectivity index (χ0n) is 25.3. The Hall–Kier alpha value is -1.64. The van der Waals surface area contributed by atoms with Gasteiger partial charge in [-0.15, -0.1) is 0 Å². The van der Waals surface area contributed by atoms with Crippen LogP contribution in [0.25, 0.3) is 0 Å². The van der Waals surface area contributed by atoms with Crippen LogP contribution in [-0.2, 0) is 23.8 Å². The van der Waals surface area contributed by atoms with E-state index in [1.165, 1.54) is 26.9 Å². The fourth-order valence-electron chi connectivity index (χ4n) is 10.1. The molecule has 5 rings (SSSR count). The minimum Gasteiger partial charge on any atom is -0.469 e. The van der Waals surface area contributed by atoms with Gasteiger partial charge in [0, 0.05) is 22.8 Å². The van der Waals surface area contributed by atoms with Crippen molar-refractivity contribution in [3.63, 3.8) is 0 Å². The molecule has 1 aromatic rings. The number of benzene rings is 1. The van der Waals surface area contributed by atoms with Crippen molar-refractivity contribution in [3.8, 4) is 0 Å². The summed E-state index contributed by atoms with van der Waals surface area (Å²) in [5.74, 6) is 2.09. The number of fused-ring (bicyclic) bond motifs is 5. The Balaban J connectivity index is 1.43. The van der Waals surface area contributed by atoms with Crippen LogP contribution in [0, 0.1) is 49.9 Å². The zero-order valence-corrected chi connectivity index (χ0v) is 27.5. The van der Waals surface area contributed by atoms with Gasteiger partial charge in [0.2, 0.25) is 0 Å². The highest BCUT2D eigenvalue weighted by Gasteiger charge is 2.64. The Labute approximate surface area is 259 Å². The first-order chi connectivity index (χ1) is 19.5. The predicted molar refractivity (Wildman–Crippen MR) is 165 cm³/mol. The SMILES string of the molecule is COC(=O)CC[C@@H](C)C1CCC2C3C(OC(=O)c4cccc(I)c4)CC4CC(OC(C)=O)CCC4(C)C3CCC21C. The van der Waals surface area contributed by atoms with Gasteiger partial charge in [0.05, 0.1) is 12.7 Å². The summed E-state index contributed by atoms with van der Waals surface area (Å²) >= 11 is 2.24. The standard InChI is InChI=1S/C34H47IO6/c1-20(9-12-30(37)39-5)26-10-11-27-31-28(14-16-34(26,27)4)33(3)15-13-25(40-21(2)36)18-23(33)19-29(31)41-32(38)22-7-6-8-24(35)17-22/h6-8,17,20,23,25-29,31H,9-16,18-19H2,1-5H3/t20-,23?,25?,26?,27?,28?,29?,31?,33?,34?/m1/s1. The van der Waals surface area contributed by atoms with Gasteiger partial charge in [-0.2, -0.15) is 0 Å². The predicted octanol–water partition coefficient (Wildman–Crippen LogP) is 7.61. The molecule has 0 spiro atoms. The monoisotopic (exact) mass is 678 g/mol. The lowest BCUT2D eigenvalue weighted by molar-refractivity contribution is -0.182. The first kappa shape index (κ1) is 30.8. The van der Waals surface area contributed by atoms with Gasteiger partial charge in [-0.25, -0.2) is 4.79 Å². The maximum atomic E-state index is 13.6. The van der Waals surface area contributed by atoms with E-state index in [0.29, 0.717) is 47.5 Å². The molecular formula is C34H47IO6. The molecule has 0 aromatic heterocycles. The summed E-state index contributed by atoms with van der Waals surface area (Å²) in [7, 11) is 1.47. The second kappa shape index (κ2) is 12.2. The molecule has 0 aliphatic heterocycles. The van der Waals surface area contributed by atoms with Crippen LogP contribution in [0.5, 0.6) is 0 Å². The highest BCUT2D eigenvalue weighted by molar-refractivity contribution is 14.1. The number of ether oxygens (including phenoxy) is 3. The molecule has 9 unspecified atom stereocenters. The van der Waals surface area contributed by atoms with E-state index in [4.69, 9.17) is 14.2 Å². The van der Waals surface area contributed by atoms with Crippen LogP contribution >= 0.6 is 22.6 Å². The van der Waals surface area contributed by atoms with Gasteiger partial charge >= 0.3 is 17.9 Å². The third kappa shape index (κ3) is 5.95. The lowest BCUT2D eigenvalue weighted by Gasteiger charge is -2.62. The molecule has 4 fully saturated rings. The van der Waals surface area contributed by atoms with Gasteiger partial charge in [-0.3, -0.25) is 9.59 Å². The minimum absolute atomic E-state index is 0.0467. The van der Waals surface area contributed by atoms with E-state index >= 15 is 0 Å². The summed E-state index contributed by atoms with van der Waals surface area (Å²) in [4.78, 5) is 37.3. The third-order valence-corrected chi connectivity index (χ3v) is 12.7. The molecule has 0 N–H and O–H groups in total. The largest absolute Gasteiger partial charge is 0.469 e. The first-order valence-corrected chi connectivity index (χ1v) is 16.7. The average Bonchev–Trinajstić information content (AvgIpc) is 3.29. The summed E-state index contributed by atoms with van der Waals surface area (Å²) in [5, 5.41) is 0. The molecule has 4 saturated carbocycles. The summed E-state index contributed by atoms with van der Waals surface area (Å²) in [6, 6.07) is 7.66. The number of halogens is 1.